The van der Waals surface area contributed by atoms with Gasteiger partial charge in [0, 0.05) is 12.7 Å². The summed E-state index contributed by atoms with van der Waals surface area (Å²) < 4.78 is 12.9. The number of amides is 2. The zero-order chi connectivity index (χ0) is 19.9. The van der Waals surface area contributed by atoms with E-state index in [2.05, 4.69) is 5.32 Å². The zero-order valence-corrected chi connectivity index (χ0v) is 15.6. The average Bonchev–Trinajstić information content (AvgIpc) is 2.71. The maximum absolute atomic E-state index is 12.9. The molecule has 2 amide bonds. The molecule has 0 aromatic heterocycles. The Bertz CT molecular complexity index is 939. The first-order chi connectivity index (χ1) is 13.5. The monoisotopic (exact) mass is 376 g/mol. The smallest absolute Gasteiger partial charge is 0.243 e. The lowest BCUT2D eigenvalue weighted by Crippen LogP contribution is -2.35. The molecule has 3 aromatic carbocycles. The van der Waals surface area contributed by atoms with Gasteiger partial charge in [-0.2, -0.15) is 0 Å². The molecule has 0 aliphatic carbocycles. The number of hydrogen-bond acceptors (Lipinski definition) is 2. The summed E-state index contributed by atoms with van der Waals surface area (Å²) in [7, 11) is 1.59. The van der Waals surface area contributed by atoms with Crippen molar-refractivity contribution in [2.45, 2.75) is 6.42 Å². The molecule has 0 spiro atoms. The minimum atomic E-state index is -0.372. The van der Waals surface area contributed by atoms with Crippen LogP contribution in [0.25, 0.3) is 11.1 Å². The number of halogens is 1. The fourth-order valence-corrected chi connectivity index (χ4v) is 2.79. The van der Waals surface area contributed by atoms with Crippen LogP contribution in [0.5, 0.6) is 0 Å². The minimum absolute atomic E-state index is 0.0711. The third-order valence-electron chi connectivity index (χ3n) is 4.35. The largest absolute Gasteiger partial charge is 0.336 e. The standard InChI is InChI=1S/C23H21FN2O2/c1-26(16-22(27)25-21-13-11-20(24)12-14-21)23(28)15-17-7-9-19(10-8-17)18-5-3-2-4-6-18/h2-14H,15-16H2,1H3,(H,25,27). The summed E-state index contributed by atoms with van der Waals surface area (Å²) in [6.07, 6.45) is 0.218. The number of benzene rings is 3. The van der Waals surface area contributed by atoms with Crippen LogP contribution in [0.4, 0.5) is 10.1 Å². The topological polar surface area (TPSA) is 49.4 Å². The molecule has 3 aromatic rings. The quantitative estimate of drug-likeness (QED) is 0.703. The van der Waals surface area contributed by atoms with Crippen LogP contribution in [-0.2, 0) is 16.0 Å². The summed E-state index contributed by atoms with van der Waals surface area (Å²) in [5.74, 6) is -0.854. The van der Waals surface area contributed by atoms with Crippen LogP contribution >= 0.6 is 0 Å². The summed E-state index contributed by atoms with van der Waals surface area (Å²) in [5, 5.41) is 2.64. The highest BCUT2D eigenvalue weighted by Crippen LogP contribution is 2.19. The van der Waals surface area contributed by atoms with Gasteiger partial charge in [-0.15, -0.1) is 0 Å². The van der Waals surface area contributed by atoms with Crippen LogP contribution in [0.2, 0.25) is 0 Å². The van der Waals surface area contributed by atoms with Crippen molar-refractivity contribution in [1.82, 2.24) is 4.90 Å². The molecule has 4 nitrogen and oxygen atoms in total. The average molecular weight is 376 g/mol. The Hall–Kier alpha value is -3.47. The Kier molecular flexibility index (Phi) is 6.17. The lowest BCUT2D eigenvalue weighted by molar-refractivity contribution is -0.132. The first-order valence-corrected chi connectivity index (χ1v) is 8.95. The van der Waals surface area contributed by atoms with Crippen molar-refractivity contribution in [3.05, 3.63) is 90.2 Å². The number of nitrogens with one attached hydrogen (secondary N) is 1. The minimum Gasteiger partial charge on any atom is -0.336 e. The van der Waals surface area contributed by atoms with Gasteiger partial charge in [-0.05, 0) is 41.0 Å². The van der Waals surface area contributed by atoms with Gasteiger partial charge >= 0.3 is 0 Å². The second-order valence-electron chi connectivity index (χ2n) is 6.54. The van der Waals surface area contributed by atoms with E-state index in [0.717, 1.165) is 16.7 Å². The number of hydrogen-bond donors (Lipinski definition) is 1. The van der Waals surface area contributed by atoms with E-state index in [9.17, 15) is 14.0 Å². The molecular formula is C23H21FN2O2. The molecular weight excluding hydrogens is 355 g/mol. The maximum Gasteiger partial charge on any atom is 0.243 e. The second kappa shape index (κ2) is 8.95. The van der Waals surface area contributed by atoms with Crippen molar-refractivity contribution < 1.29 is 14.0 Å². The third kappa shape index (κ3) is 5.27. The van der Waals surface area contributed by atoms with Crippen molar-refractivity contribution >= 4 is 17.5 Å². The number of carbonyl (C=O) groups is 2. The van der Waals surface area contributed by atoms with E-state index in [1.807, 2.05) is 54.6 Å². The fourth-order valence-electron chi connectivity index (χ4n) is 2.79. The predicted molar refractivity (Wildman–Crippen MR) is 108 cm³/mol. The summed E-state index contributed by atoms with van der Waals surface area (Å²) in [4.78, 5) is 25.8. The summed E-state index contributed by atoms with van der Waals surface area (Å²) in [5.41, 5.74) is 3.58. The molecule has 0 atom stereocenters. The highest BCUT2D eigenvalue weighted by Gasteiger charge is 2.14. The Morgan fingerprint density at radius 2 is 1.46 bits per heavy atom. The van der Waals surface area contributed by atoms with Crippen LogP contribution in [0.15, 0.2) is 78.9 Å². The summed E-state index contributed by atoms with van der Waals surface area (Å²) in [6.45, 7) is -0.0711. The van der Waals surface area contributed by atoms with Crippen LogP contribution in [-0.4, -0.2) is 30.3 Å². The van der Waals surface area contributed by atoms with Crippen molar-refractivity contribution in [3.63, 3.8) is 0 Å². The third-order valence-corrected chi connectivity index (χ3v) is 4.35. The second-order valence-corrected chi connectivity index (χ2v) is 6.54. The van der Waals surface area contributed by atoms with Gasteiger partial charge < -0.3 is 10.2 Å². The Morgan fingerprint density at radius 1 is 0.857 bits per heavy atom. The highest BCUT2D eigenvalue weighted by molar-refractivity contribution is 5.94. The van der Waals surface area contributed by atoms with Crippen molar-refractivity contribution in [1.29, 1.82) is 0 Å². The van der Waals surface area contributed by atoms with E-state index in [4.69, 9.17) is 0 Å². The van der Waals surface area contributed by atoms with E-state index < -0.39 is 0 Å². The molecule has 0 aliphatic heterocycles. The van der Waals surface area contributed by atoms with Gasteiger partial charge in [0.1, 0.15) is 5.82 Å². The van der Waals surface area contributed by atoms with Gasteiger partial charge in [-0.25, -0.2) is 4.39 Å². The number of nitrogens with zero attached hydrogens (tertiary/aromatic N) is 1. The van der Waals surface area contributed by atoms with Crippen LogP contribution in [0.1, 0.15) is 5.56 Å². The molecule has 1 N–H and O–H groups in total. The lowest BCUT2D eigenvalue weighted by Gasteiger charge is -2.17. The van der Waals surface area contributed by atoms with E-state index in [-0.39, 0.29) is 30.6 Å². The van der Waals surface area contributed by atoms with Crippen LogP contribution < -0.4 is 5.32 Å². The molecule has 0 heterocycles. The van der Waals surface area contributed by atoms with Crippen molar-refractivity contribution in [2.24, 2.45) is 0 Å². The first-order valence-electron chi connectivity index (χ1n) is 8.95. The Morgan fingerprint density at radius 3 is 2.11 bits per heavy atom. The molecule has 0 fully saturated rings. The molecule has 0 bridgehead atoms. The van der Waals surface area contributed by atoms with E-state index in [1.165, 1.54) is 29.2 Å². The summed E-state index contributed by atoms with van der Waals surface area (Å²) in [6, 6.07) is 23.3. The number of likely N-dealkylation sites (N-methyl/N-ethyl adjacent to an activating group) is 1. The van der Waals surface area contributed by atoms with Crippen LogP contribution in [0, 0.1) is 5.82 Å². The van der Waals surface area contributed by atoms with Gasteiger partial charge in [-0.3, -0.25) is 9.59 Å². The molecule has 0 unspecified atom stereocenters. The Labute approximate surface area is 163 Å². The van der Waals surface area contributed by atoms with Crippen molar-refractivity contribution in [2.75, 3.05) is 18.9 Å². The van der Waals surface area contributed by atoms with E-state index >= 15 is 0 Å². The molecule has 142 valence electrons. The zero-order valence-electron chi connectivity index (χ0n) is 15.6. The van der Waals surface area contributed by atoms with Gasteiger partial charge in [0.2, 0.25) is 11.8 Å². The molecule has 0 aliphatic rings. The Balaban J connectivity index is 1.53. The molecule has 0 saturated heterocycles. The molecule has 0 radical (unpaired) electrons. The number of anilines is 1. The van der Waals surface area contributed by atoms with Gasteiger partial charge in [0.15, 0.2) is 0 Å². The molecule has 0 saturated carbocycles. The maximum atomic E-state index is 12.9. The molecule has 28 heavy (non-hydrogen) atoms. The van der Waals surface area contributed by atoms with E-state index in [0.29, 0.717) is 5.69 Å². The number of rotatable bonds is 6. The predicted octanol–water partition coefficient (Wildman–Crippen LogP) is 4.13. The van der Waals surface area contributed by atoms with E-state index in [1.54, 1.807) is 7.05 Å². The number of carbonyl (C=O) groups excluding carboxylic acids is 2. The van der Waals surface area contributed by atoms with Gasteiger partial charge in [0.25, 0.3) is 0 Å². The van der Waals surface area contributed by atoms with Crippen molar-refractivity contribution in [3.8, 4) is 11.1 Å². The fraction of sp³-hybridized carbons (Fsp3) is 0.130. The first kappa shape index (κ1) is 19.3. The van der Waals surface area contributed by atoms with Crippen LogP contribution in [0.3, 0.4) is 0 Å². The SMILES string of the molecule is CN(CC(=O)Nc1ccc(F)cc1)C(=O)Cc1ccc(-c2ccccc2)cc1. The normalized spacial score (nSPS) is 10.4. The van der Waals surface area contributed by atoms with Gasteiger partial charge in [-0.1, -0.05) is 54.6 Å². The van der Waals surface area contributed by atoms with Gasteiger partial charge in [0.05, 0.1) is 13.0 Å². The lowest BCUT2D eigenvalue weighted by atomic mass is 10.0. The summed E-state index contributed by atoms with van der Waals surface area (Å²) >= 11 is 0. The molecule has 5 heteroatoms. The molecule has 3 rings (SSSR count). The highest BCUT2D eigenvalue weighted by atomic mass is 19.1.